The number of aromatic nitrogens is 1. The summed E-state index contributed by atoms with van der Waals surface area (Å²) < 4.78 is 0. The summed E-state index contributed by atoms with van der Waals surface area (Å²) in [6.07, 6.45) is 0. The molecule has 1 N–H and O–H groups in total. The molecule has 0 spiro atoms. The van der Waals surface area contributed by atoms with Crippen LogP contribution in [0.2, 0.25) is 10.3 Å². The summed E-state index contributed by atoms with van der Waals surface area (Å²) in [5.41, 5.74) is 1.59. The minimum absolute atomic E-state index is 0.207. The fraction of sp³-hybridized carbons (Fsp3) is 0.200. The van der Waals surface area contributed by atoms with Gasteiger partial charge in [0.15, 0.2) is 0 Å². The number of nitrogens with one attached hydrogen (secondary N) is 1. The maximum absolute atomic E-state index is 12.0. The van der Waals surface area contributed by atoms with Crippen molar-refractivity contribution >= 4 is 29.1 Å². The highest BCUT2D eigenvalue weighted by molar-refractivity contribution is 6.33. The SMILES string of the molecule is CC(CNC(=O)c1cc(Cl)nc(Cl)c1)c1ccccc1. The first-order chi connectivity index (χ1) is 9.56. The molecular formula is C15H14Cl2N2O. The van der Waals surface area contributed by atoms with Crippen molar-refractivity contribution in [3.8, 4) is 0 Å². The summed E-state index contributed by atoms with van der Waals surface area (Å²) in [5, 5.41) is 3.28. The molecule has 2 aromatic rings. The Kier molecular flexibility index (Phi) is 4.99. The molecule has 1 atom stereocenters. The van der Waals surface area contributed by atoms with E-state index in [1.807, 2.05) is 30.3 Å². The molecule has 1 aromatic carbocycles. The number of pyridine rings is 1. The van der Waals surface area contributed by atoms with E-state index >= 15 is 0 Å². The lowest BCUT2D eigenvalue weighted by molar-refractivity contribution is 0.0951. The summed E-state index contributed by atoms with van der Waals surface area (Å²) >= 11 is 11.6. The van der Waals surface area contributed by atoms with Crippen molar-refractivity contribution in [3.63, 3.8) is 0 Å². The second-order valence-electron chi connectivity index (χ2n) is 4.52. The molecule has 20 heavy (non-hydrogen) atoms. The highest BCUT2D eigenvalue weighted by atomic mass is 35.5. The van der Waals surface area contributed by atoms with Gasteiger partial charge in [0.1, 0.15) is 10.3 Å². The van der Waals surface area contributed by atoms with Crippen molar-refractivity contribution in [2.75, 3.05) is 6.54 Å². The predicted molar refractivity (Wildman–Crippen MR) is 81.4 cm³/mol. The van der Waals surface area contributed by atoms with E-state index in [1.54, 1.807) is 0 Å². The first-order valence-corrected chi connectivity index (χ1v) is 6.98. The van der Waals surface area contributed by atoms with Crippen LogP contribution >= 0.6 is 23.2 Å². The number of hydrogen-bond acceptors (Lipinski definition) is 2. The Labute approximate surface area is 127 Å². The molecule has 1 amide bonds. The molecule has 0 radical (unpaired) electrons. The topological polar surface area (TPSA) is 42.0 Å². The summed E-state index contributed by atoms with van der Waals surface area (Å²) in [6, 6.07) is 13.0. The lowest BCUT2D eigenvalue weighted by Gasteiger charge is -2.13. The summed E-state index contributed by atoms with van der Waals surface area (Å²) in [4.78, 5) is 15.8. The Morgan fingerprint density at radius 3 is 2.40 bits per heavy atom. The lowest BCUT2D eigenvalue weighted by atomic mass is 10.0. The van der Waals surface area contributed by atoms with Crippen molar-refractivity contribution in [1.82, 2.24) is 10.3 Å². The molecule has 2 rings (SSSR count). The van der Waals surface area contributed by atoms with Crippen LogP contribution in [0.15, 0.2) is 42.5 Å². The smallest absolute Gasteiger partial charge is 0.251 e. The van der Waals surface area contributed by atoms with Gasteiger partial charge in [-0.3, -0.25) is 4.79 Å². The maximum atomic E-state index is 12.0. The normalized spacial score (nSPS) is 11.9. The van der Waals surface area contributed by atoms with E-state index in [0.29, 0.717) is 12.1 Å². The van der Waals surface area contributed by atoms with Crippen LogP contribution in [-0.2, 0) is 0 Å². The number of rotatable bonds is 4. The van der Waals surface area contributed by atoms with Gasteiger partial charge < -0.3 is 5.32 Å². The maximum Gasteiger partial charge on any atom is 0.251 e. The van der Waals surface area contributed by atoms with Crippen LogP contribution in [0.3, 0.4) is 0 Å². The van der Waals surface area contributed by atoms with Crippen LogP contribution in [0.5, 0.6) is 0 Å². The Morgan fingerprint density at radius 1 is 1.20 bits per heavy atom. The molecule has 0 aliphatic carbocycles. The van der Waals surface area contributed by atoms with E-state index < -0.39 is 0 Å². The van der Waals surface area contributed by atoms with Crippen molar-refractivity contribution in [2.24, 2.45) is 0 Å². The van der Waals surface area contributed by atoms with Gasteiger partial charge in [0.25, 0.3) is 5.91 Å². The zero-order chi connectivity index (χ0) is 14.5. The first kappa shape index (κ1) is 14.8. The van der Waals surface area contributed by atoms with Crippen molar-refractivity contribution in [3.05, 3.63) is 63.9 Å². The summed E-state index contributed by atoms with van der Waals surface area (Å²) in [6.45, 7) is 2.60. The number of carbonyl (C=O) groups excluding carboxylic acids is 1. The number of hydrogen-bond donors (Lipinski definition) is 1. The molecule has 1 heterocycles. The highest BCUT2D eigenvalue weighted by Gasteiger charge is 2.11. The van der Waals surface area contributed by atoms with E-state index in [9.17, 15) is 4.79 Å². The van der Waals surface area contributed by atoms with E-state index in [2.05, 4.69) is 17.2 Å². The lowest BCUT2D eigenvalue weighted by Crippen LogP contribution is -2.27. The van der Waals surface area contributed by atoms with E-state index in [0.717, 1.165) is 0 Å². The molecule has 0 aliphatic heterocycles. The van der Waals surface area contributed by atoms with Gasteiger partial charge in [-0.15, -0.1) is 0 Å². The monoisotopic (exact) mass is 308 g/mol. The molecule has 0 aliphatic rings. The van der Waals surface area contributed by atoms with Crippen LogP contribution in [0, 0.1) is 0 Å². The molecular weight excluding hydrogens is 295 g/mol. The first-order valence-electron chi connectivity index (χ1n) is 6.22. The molecule has 1 unspecified atom stereocenters. The standard InChI is InChI=1S/C15H14Cl2N2O/c1-10(11-5-3-2-4-6-11)9-18-15(20)12-7-13(16)19-14(17)8-12/h2-8,10H,9H2,1H3,(H,18,20). The van der Waals surface area contributed by atoms with Gasteiger partial charge in [-0.25, -0.2) is 4.98 Å². The Morgan fingerprint density at radius 2 is 1.80 bits per heavy atom. The van der Waals surface area contributed by atoms with Crippen LogP contribution in [0.25, 0.3) is 0 Å². The summed E-state index contributed by atoms with van der Waals surface area (Å²) in [5.74, 6) is 0.0203. The second kappa shape index (κ2) is 6.73. The average molecular weight is 309 g/mol. The Balaban J connectivity index is 1.98. The van der Waals surface area contributed by atoms with Gasteiger partial charge >= 0.3 is 0 Å². The van der Waals surface area contributed by atoms with E-state index in [-0.39, 0.29) is 22.1 Å². The molecule has 0 fully saturated rings. The predicted octanol–water partition coefficient (Wildman–Crippen LogP) is 3.92. The van der Waals surface area contributed by atoms with Crippen LogP contribution in [0.1, 0.15) is 28.8 Å². The molecule has 5 heteroatoms. The van der Waals surface area contributed by atoms with Gasteiger partial charge in [-0.1, -0.05) is 60.5 Å². The quantitative estimate of drug-likeness (QED) is 0.870. The molecule has 0 saturated heterocycles. The number of carbonyl (C=O) groups is 1. The van der Waals surface area contributed by atoms with Crippen molar-refractivity contribution in [2.45, 2.75) is 12.8 Å². The number of halogens is 2. The molecule has 0 saturated carbocycles. The van der Waals surface area contributed by atoms with Gasteiger partial charge in [0, 0.05) is 12.1 Å². The van der Waals surface area contributed by atoms with Crippen LogP contribution < -0.4 is 5.32 Å². The third-order valence-corrected chi connectivity index (χ3v) is 3.35. The average Bonchev–Trinajstić information content (AvgIpc) is 2.44. The molecule has 0 bridgehead atoms. The third-order valence-electron chi connectivity index (χ3n) is 2.96. The largest absolute Gasteiger partial charge is 0.351 e. The van der Waals surface area contributed by atoms with Crippen molar-refractivity contribution < 1.29 is 4.79 Å². The van der Waals surface area contributed by atoms with Crippen LogP contribution in [-0.4, -0.2) is 17.4 Å². The van der Waals surface area contributed by atoms with E-state index in [1.165, 1.54) is 17.7 Å². The third kappa shape index (κ3) is 3.95. The molecule has 3 nitrogen and oxygen atoms in total. The fourth-order valence-electron chi connectivity index (χ4n) is 1.84. The zero-order valence-electron chi connectivity index (χ0n) is 10.9. The number of nitrogens with zero attached hydrogens (tertiary/aromatic N) is 1. The Bertz CT molecular complexity index is 582. The van der Waals surface area contributed by atoms with Gasteiger partial charge in [0.05, 0.1) is 0 Å². The van der Waals surface area contributed by atoms with Gasteiger partial charge in [-0.2, -0.15) is 0 Å². The zero-order valence-corrected chi connectivity index (χ0v) is 12.4. The van der Waals surface area contributed by atoms with Crippen molar-refractivity contribution in [1.29, 1.82) is 0 Å². The minimum Gasteiger partial charge on any atom is -0.351 e. The number of benzene rings is 1. The summed E-state index contributed by atoms with van der Waals surface area (Å²) in [7, 11) is 0. The number of amides is 1. The second-order valence-corrected chi connectivity index (χ2v) is 5.30. The highest BCUT2D eigenvalue weighted by Crippen LogP contribution is 2.16. The minimum atomic E-state index is -0.209. The Hall–Kier alpha value is -1.58. The van der Waals surface area contributed by atoms with E-state index in [4.69, 9.17) is 23.2 Å². The van der Waals surface area contributed by atoms with Gasteiger partial charge in [0.2, 0.25) is 0 Å². The van der Waals surface area contributed by atoms with Gasteiger partial charge in [-0.05, 0) is 23.6 Å². The molecule has 104 valence electrons. The fourth-order valence-corrected chi connectivity index (χ4v) is 2.30. The van der Waals surface area contributed by atoms with Crippen LogP contribution in [0.4, 0.5) is 0 Å². The molecule has 1 aromatic heterocycles.